The molecule has 1 aliphatic rings. The Hall–Kier alpha value is -2.39. The highest BCUT2D eigenvalue weighted by Crippen LogP contribution is 2.34. The highest BCUT2D eigenvalue weighted by Gasteiger charge is 2.40. The molecule has 5 nitrogen and oxygen atoms in total. The van der Waals surface area contributed by atoms with E-state index in [0.29, 0.717) is 11.8 Å². The predicted molar refractivity (Wildman–Crippen MR) is 89.0 cm³/mol. The molecule has 0 spiro atoms. The van der Waals surface area contributed by atoms with E-state index >= 15 is 0 Å². The lowest BCUT2D eigenvalue weighted by Gasteiger charge is -2.18. The maximum absolute atomic E-state index is 13.1. The normalized spacial score (nSPS) is 18.3. The minimum atomic E-state index is -4.82. The van der Waals surface area contributed by atoms with Gasteiger partial charge in [0.05, 0.1) is 10.5 Å². The van der Waals surface area contributed by atoms with Crippen LogP contribution in [0.3, 0.4) is 0 Å². The average Bonchev–Trinajstić information content (AvgIpc) is 2.95. The second kappa shape index (κ2) is 6.73. The number of hydrogen-bond acceptors (Lipinski definition) is 3. The van der Waals surface area contributed by atoms with E-state index in [0.717, 1.165) is 12.1 Å². The Morgan fingerprint density at radius 3 is 2.27 bits per heavy atom. The summed E-state index contributed by atoms with van der Waals surface area (Å²) in [7, 11) is -4.51. The van der Waals surface area contributed by atoms with Gasteiger partial charge in [-0.1, -0.05) is 30.3 Å². The molecule has 1 unspecified atom stereocenters. The van der Waals surface area contributed by atoms with Crippen molar-refractivity contribution in [2.45, 2.75) is 23.5 Å². The van der Waals surface area contributed by atoms with Crippen LogP contribution in [0.1, 0.15) is 12.0 Å². The second-order valence-corrected chi connectivity index (χ2v) is 7.46. The van der Waals surface area contributed by atoms with Gasteiger partial charge in [-0.05, 0) is 30.7 Å². The van der Waals surface area contributed by atoms with E-state index in [1.165, 1.54) is 11.0 Å². The number of amides is 1. The van der Waals surface area contributed by atoms with E-state index in [4.69, 9.17) is 0 Å². The molecule has 1 heterocycles. The largest absolute Gasteiger partial charge is 0.417 e. The predicted octanol–water partition coefficient (Wildman–Crippen LogP) is 2.79. The van der Waals surface area contributed by atoms with Crippen LogP contribution >= 0.6 is 0 Å². The molecular formula is C17H15F3N2O3S. The lowest BCUT2D eigenvalue weighted by atomic mass is 10.2. The molecule has 2 aromatic carbocycles. The van der Waals surface area contributed by atoms with Gasteiger partial charge in [0.1, 0.15) is 6.04 Å². The van der Waals surface area contributed by atoms with Crippen molar-refractivity contribution in [2.24, 2.45) is 0 Å². The summed E-state index contributed by atoms with van der Waals surface area (Å²) < 4.78 is 66.3. The zero-order chi connectivity index (χ0) is 18.9. The van der Waals surface area contributed by atoms with E-state index in [1.807, 2.05) is 0 Å². The molecule has 1 atom stereocenters. The van der Waals surface area contributed by atoms with Crippen molar-refractivity contribution < 1.29 is 26.4 Å². The van der Waals surface area contributed by atoms with Gasteiger partial charge in [-0.15, -0.1) is 0 Å². The van der Waals surface area contributed by atoms with Crippen LogP contribution in [0.4, 0.5) is 18.9 Å². The zero-order valence-corrected chi connectivity index (χ0v) is 14.2. The van der Waals surface area contributed by atoms with Crippen molar-refractivity contribution in [1.82, 2.24) is 4.72 Å². The van der Waals surface area contributed by atoms with Crippen molar-refractivity contribution in [3.05, 3.63) is 60.2 Å². The smallest absolute Gasteiger partial charge is 0.311 e. The molecule has 1 N–H and O–H groups in total. The summed E-state index contributed by atoms with van der Waals surface area (Å²) in [6.45, 7) is 0.275. The Bertz CT molecular complexity index is 914. The van der Waals surface area contributed by atoms with Crippen LogP contribution in [0, 0.1) is 0 Å². The number of para-hydroxylation sites is 1. The highest BCUT2D eigenvalue weighted by atomic mass is 32.2. The Labute approximate surface area is 148 Å². The van der Waals surface area contributed by atoms with Crippen molar-refractivity contribution in [2.75, 3.05) is 11.4 Å². The highest BCUT2D eigenvalue weighted by molar-refractivity contribution is 7.89. The third-order valence-corrected chi connectivity index (χ3v) is 5.58. The molecule has 0 radical (unpaired) electrons. The number of nitrogens with one attached hydrogen (secondary N) is 1. The number of carbonyl (C=O) groups is 1. The fourth-order valence-corrected chi connectivity index (χ4v) is 4.29. The number of rotatable bonds is 4. The summed E-state index contributed by atoms with van der Waals surface area (Å²) in [6, 6.07) is 11.4. The summed E-state index contributed by atoms with van der Waals surface area (Å²) in [6.07, 6.45) is -4.65. The van der Waals surface area contributed by atoms with Gasteiger partial charge in [0.2, 0.25) is 15.9 Å². The molecule has 0 aromatic heterocycles. The van der Waals surface area contributed by atoms with E-state index < -0.39 is 38.6 Å². The molecule has 138 valence electrons. The van der Waals surface area contributed by atoms with Gasteiger partial charge < -0.3 is 4.90 Å². The van der Waals surface area contributed by atoms with Crippen LogP contribution in [-0.2, 0) is 21.0 Å². The topological polar surface area (TPSA) is 66.5 Å². The molecular weight excluding hydrogens is 369 g/mol. The van der Waals surface area contributed by atoms with Gasteiger partial charge in [0, 0.05) is 12.2 Å². The molecule has 9 heteroatoms. The number of halogens is 3. The standard InChI is InChI=1S/C17H15F3N2O3S/c18-17(19,20)13-8-4-5-9-15(13)26(24,25)21-14-10-11-22(16(14)23)12-6-2-1-3-7-12/h1-9,14,21H,10-11H2. The van der Waals surface area contributed by atoms with Crippen molar-refractivity contribution in [1.29, 1.82) is 0 Å². The van der Waals surface area contributed by atoms with Crippen LogP contribution in [0.5, 0.6) is 0 Å². The molecule has 1 saturated heterocycles. The molecule has 3 rings (SSSR count). The maximum Gasteiger partial charge on any atom is 0.417 e. The van der Waals surface area contributed by atoms with Gasteiger partial charge in [-0.3, -0.25) is 4.79 Å². The van der Waals surface area contributed by atoms with E-state index in [1.54, 1.807) is 30.3 Å². The van der Waals surface area contributed by atoms with Crippen molar-refractivity contribution >= 4 is 21.6 Å². The first-order valence-electron chi connectivity index (χ1n) is 7.75. The molecule has 1 fully saturated rings. The van der Waals surface area contributed by atoms with Crippen LogP contribution < -0.4 is 9.62 Å². The molecule has 1 amide bonds. The van der Waals surface area contributed by atoms with E-state index in [2.05, 4.69) is 4.72 Å². The molecule has 1 aliphatic heterocycles. The van der Waals surface area contributed by atoms with Crippen LogP contribution in [-0.4, -0.2) is 26.9 Å². The van der Waals surface area contributed by atoms with Crippen LogP contribution in [0.15, 0.2) is 59.5 Å². The molecule has 0 aliphatic carbocycles. The first-order valence-corrected chi connectivity index (χ1v) is 9.23. The number of nitrogens with zero attached hydrogens (tertiary/aromatic N) is 1. The molecule has 2 aromatic rings. The first kappa shape index (κ1) is 18.4. The lowest BCUT2D eigenvalue weighted by Crippen LogP contribution is -2.42. The number of hydrogen-bond donors (Lipinski definition) is 1. The maximum atomic E-state index is 13.1. The van der Waals surface area contributed by atoms with Gasteiger partial charge >= 0.3 is 6.18 Å². The Balaban J connectivity index is 1.85. The van der Waals surface area contributed by atoms with Crippen molar-refractivity contribution in [3.8, 4) is 0 Å². The number of benzene rings is 2. The molecule has 0 bridgehead atoms. The molecule has 26 heavy (non-hydrogen) atoms. The Morgan fingerprint density at radius 2 is 1.62 bits per heavy atom. The summed E-state index contributed by atoms with van der Waals surface area (Å²) in [5.41, 5.74) is -0.659. The summed E-state index contributed by atoms with van der Waals surface area (Å²) in [4.78, 5) is 13.0. The SMILES string of the molecule is O=C1C(NS(=O)(=O)c2ccccc2C(F)(F)F)CCN1c1ccccc1. The van der Waals surface area contributed by atoms with Gasteiger partial charge in [-0.25, -0.2) is 8.42 Å². The molecule has 0 saturated carbocycles. The van der Waals surface area contributed by atoms with E-state index in [-0.39, 0.29) is 13.0 Å². The quantitative estimate of drug-likeness (QED) is 0.882. The zero-order valence-electron chi connectivity index (χ0n) is 13.4. The van der Waals surface area contributed by atoms with Gasteiger partial charge in [0.25, 0.3) is 0 Å². The second-order valence-electron chi connectivity index (χ2n) is 5.78. The average molecular weight is 384 g/mol. The fourth-order valence-electron chi connectivity index (χ4n) is 2.84. The lowest BCUT2D eigenvalue weighted by molar-refractivity contribution is -0.139. The van der Waals surface area contributed by atoms with Gasteiger partial charge in [0.15, 0.2) is 0 Å². The van der Waals surface area contributed by atoms with E-state index in [9.17, 15) is 26.4 Å². The summed E-state index contributed by atoms with van der Waals surface area (Å²) >= 11 is 0. The number of carbonyl (C=O) groups excluding carboxylic acids is 1. The Morgan fingerprint density at radius 1 is 1.00 bits per heavy atom. The minimum absolute atomic E-state index is 0.168. The fraction of sp³-hybridized carbons (Fsp3) is 0.235. The van der Waals surface area contributed by atoms with Gasteiger partial charge in [-0.2, -0.15) is 17.9 Å². The number of anilines is 1. The number of alkyl halides is 3. The van der Waals surface area contributed by atoms with Crippen LogP contribution in [0.2, 0.25) is 0 Å². The third kappa shape index (κ3) is 3.58. The summed E-state index contributed by atoms with van der Waals surface area (Å²) in [5, 5.41) is 0. The van der Waals surface area contributed by atoms with Crippen LogP contribution in [0.25, 0.3) is 0 Å². The number of sulfonamides is 1. The minimum Gasteiger partial charge on any atom is -0.311 e. The monoisotopic (exact) mass is 384 g/mol. The van der Waals surface area contributed by atoms with Crippen molar-refractivity contribution in [3.63, 3.8) is 0 Å². The first-order chi connectivity index (χ1) is 12.2. The Kier molecular flexibility index (Phi) is 4.76. The third-order valence-electron chi connectivity index (χ3n) is 4.05. The summed E-state index contributed by atoms with van der Waals surface area (Å²) in [5.74, 6) is -0.496.